The van der Waals surface area contributed by atoms with E-state index < -0.39 is 41.9 Å². The Morgan fingerprint density at radius 3 is 1.21 bits per heavy atom. The summed E-state index contributed by atoms with van der Waals surface area (Å²) >= 11 is 0. The fourth-order valence-corrected chi connectivity index (χ4v) is 1.11. The van der Waals surface area contributed by atoms with Crippen molar-refractivity contribution in [3.05, 3.63) is 17.4 Å². The average Bonchev–Trinajstić information content (AvgIpc) is 2.34. The molecule has 0 aromatic heterocycles. The second kappa shape index (κ2) is 5.85. The van der Waals surface area contributed by atoms with Gasteiger partial charge in [-0.1, -0.05) is 0 Å². The van der Waals surface area contributed by atoms with E-state index >= 15 is 0 Å². The summed E-state index contributed by atoms with van der Waals surface area (Å²) in [4.78, 5) is 0. The van der Waals surface area contributed by atoms with Gasteiger partial charge in [-0.25, -0.2) is 0 Å². The first-order chi connectivity index (χ1) is 10.2. The lowest BCUT2D eigenvalue weighted by Gasteiger charge is -2.38. The van der Waals surface area contributed by atoms with Crippen LogP contribution in [0.5, 0.6) is 0 Å². The van der Waals surface area contributed by atoms with Gasteiger partial charge in [0.2, 0.25) is 0 Å². The molecule has 0 saturated carbocycles. The maximum atomic E-state index is 13.1. The summed E-state index contributed by atoms with van der Waals surface area (Å²) in [6, 6.07) is 0. The largest absolute Gasteiger partial charge is 0.460 e. The maximum Gasteiger partial charge on any atom is 0.460 e. The van der Waals surface area contributed by atoms with Crippen LogP contribution in [0.4, 0.5) is 57.1 Å². The highest BCUT2D eigenvalue weighted by molar-refractivity contribution is 5.15. The molecule has 142 valence electrons. The lowest BCUT2D eigenvalue weighted by Crippen LogP contribution is -2.69. The molecule has 0 atom stereocenters. The van der Waals surface area contributed by atoms with Crippen LogP contribution in [0.25, 0.3) is 0 Å². The predicted molar refractivity (Wildman–Crippen MR) is 53.7 cm³/mol. The van der Waals surface area contributed by atoms with Crippen molar-refractivity contribution in [2.24, 2.45) is 0 Å². The molecule has 0 spiro atoms. The van der Waals surface area contributed by atoms with Gasteiger partial charge in [0, 0.05) is 6.08 Å². The van der Waals surface area contributed by atoms with E-state index in [1.54, 1.807) is 0 Å². The molecule has 0 amide bonds. The van der Waals surface area contributed by atoms with E-state index in [1.165, 1.54) is 5.73 Å². The van der Waals surface area contributed by atoms with Crippen molar-refractivity contribution in [2.45, 2.75) is 49.6 Å². The zero-order valence-corrected chi connectivity index (χ0v) is 11.5. The van der Waals surface area contributed by atoms with Gasteiger partial charge in [-0.15, -0.1) is 5.73 Å². The van der Waals surface area contributed by atoms with E-state index in [9.17, 15) is 57.1 Å². The van der Waals surface area contributed by atoms with E-state index in [0.29, 0.717) is 0 Å². The SMILES string of the molecule is CC(C)=C=CC(F)(F)C(F)(F)C(F)(F)C(F)(F)C(F)(F)C(F)(F)F. The van der Waals surface area contributed by atoms with Crippen molar-refractivity contribution < 1.29 is 57.1 Å². The van der Waals surface area contributed by atoms with Crippen molar-refractivity contribution >= 4 is 0 Å². The van der Waals surface area contributed by atoms with Crippen LogP contribution < -0.4 is 0 Å². The number of rotatable bonds is 5. The second-order valence-corrected chi connectivity index (χ2v) is 4.71. The Hall–Kier alpha value is -1.39. The van der Waals surface area contributed by atoms with Crippen LogP contribution in [-0.4, -0.2) is 35.8 Å². The minimum atomic E-state index is -7.87. The van der Waals surface area contributed by atoms with Gasteiger partial charge in [-0.05, 0) is 19.4 Å². The molecule has 0 aromatic carbocycles. The Morgan fingerprint density at radius 1 is 0.583 bits per heavy atom. The van der Waals surface area contributed by atoms with Crippen molar-refractivity contribution in [1.29, 1.82) is 0 Å². The molecule has 13 heteroatoms. The molecule has 0 aromatic rings. The Kier molecular flexibility index (Phi) is 5.51. The summed E-state index contributed by atoms with van der Waals surface area (Å²) in [6.45, 7) is 1.88. The fraction of sp³-hybridized carbons (Fsp3) is 0.727. The summed E-state index contributed by atoms with van der Waals surface area (Å²) in [5.74, 6) is -36.8. The fourth-order valence-electron chi connectivity index (χ4n) is 1.11. The lowest BCUT2D eigenvalue weighted by atomic mass is 9.94. The molecule has 0 aliphatic heterocycles. The molecule has 0 N–H and O–H groups in total. The van der Waals surface area contributed by atoms with Crippen LogP contribution in [0, 0.1) is 0 Å². The Labute approximate surface area is 125 Å². The van der Waals surface area contributed by atoms with E-state index in [2.05, 4.69) is 0 Å². The van der Waals surface area contributed by atoms with Gasteiger partial charge in [0.1, 0.15) is 0 Å². The molecule has 0 saturated heterocycles. The molecule has 0 radical (unpaired) electrons. The lowest BCUT2D eigenvalue weighted by molar-refractivity contribution is -0.436. The third-order valence-electron chi connectivity index (χ3n) is 2.50. The van der Waals surface area contributed by atoms with Crippen LogP contribution in [0.1, 0.15) is 13.8 Å². The van der Waals surface area contributed by atoms with Gasteiger partial charge >= 0.3 is 35.8 Å². The zero-order chi connectivity index (χ0) is 20.0. The Balaban J connectivity index is 6.36. The van der Waals surface area contributed by atoms with E-state index in [0.717, 1.165) is 13.8 Å². The maximum absolute atomic E-state index is 13.1. The van der Waals surface area contributed by atoms with Gasteiger partial charge in [0.15, 0.2) is 0 Å². The van der Waals surface area contributed by atoms with Crippen molar-refractivity contribution in [3.8, 4) is 0 Å². The number of hydrogen-bond acceptors (Lipinski definition) is 0. The molecule has 0 unspecified atom stereocenters. The van der Waals surface area contributed by atoms with Gasteiger partial charge in [-0.2, -0.15) is 57.1 Å². The minimum absolute atomic E-state index is 0.332. The molecule has 0 nitrogen and oxygen atoms in total. The Morgan fingerprint density at radius 2 is 0.917 bits per heavy atom. The van der Waals surface area contributed by atoms with Gasteiger partial charge in [-0.3, -0.25) is 0 Å². The molecule has 0 aliphatic rings. The monoisotopic (exact) mass is 386 g/mol. The molecule has 24 heavy (non-hydrogen) atoms. The molecule has 0 heterocycles. The normalized spacial score (nSPS) is 15.1. The third-order valence-corrected chi connectivity index (χ3v) is 2.50. The van der Waals surface area contributed by atoms with Gasteiger partial charge in [0.25, 0.3) is 0 Å². The number of allylic oxidation sites excluding steroid dienone is 1. The molecule has 0 aliphatic carbocycles. The smallest absolute Gasteiger partial charge is 0.194 e. The van der Waals surface area contributed by atoms with E-state index in [1.807, 2.05) is 0 Å². The van der Waals surface area contributed by atoms with Crippen LogP contribution in [-0.2, 0) is 0 Å². The third kappa shape index (κ3) is 3.22. The van der Waals surface area contributed by atoms with Crippen LogP contribution >= 0.6 is 0 Å². The summed E-state index contributed by atoms with van der Waals surface area (Å²) in [7, 11) is 0. The molecule has 0 bridgehead atoms. The number of halogens is 13. The molecular formula is C11H7F13. The predicted octanol–water partition coefficient (Wildman–Crippen LogP) is 5.85. The Bertz CT molecular complexity index is 527. The minimum Gasteiger partial charge on any atom is -0.194 e. The van der Waals surface area contributed by atoms with E-state index in [-0.39, 0.29) is 5.57 Å². The first kappa shape index (κ1) is 22.6. The number of alkyl halides is 13. The first-order valence-electron chi connectivity index (χ1n) is 5.53. The summed E-state index contributed by atoms with van der Waals surface area (Å²) in [5.41, 5.74) is 0.926. The topological polar surface area (TPSA) is 0 Å². The molecule has 0 rings (SSSR count). The highest BCUT2D eigenvalue weighted by atomic mass is 19.4. The second-order valence-electron chi connectivity index (χ2n) is 4.71. The first-order valence-corrected chi connectivity index (χ1v) is 5.53. The van der Waals surface area contributed by atoms with Gasteiger partial charge < -0.3 is 0 Å². The van der Waals surface area contributed by atoms with E-state index in [4.69, 9.17) is 0 Å². The highest BCUT2D eigenvalue weighted by Gasteiger charge is 2.90. The van der Waals surface area contributed by atoms with Crippen molar-refractivity contribution in [3.63, 3.8) is 0 Å². The zero-order valence-electron chi connectivity index (χ0n) is 11.5. The molecule has 0 fully saturated rings. The van der Waals surface area contributed by atoms with Crippen LogP contribution in [0.3, 0.4) is 0 Å². The standard InChI is InChI=1S/C11H7F13/c1-5(2)3-4-6(12,13)7(14,15)8(16,17)9(18,19)10(20,21)11(22,23)24/h4H,1-2H3. The quantitative estimate of drug-likeness (QED) is 0.411. The highest BCUT2D eigenvalue weighted by Crippen LogP contribution is 2.60. The summed E-state index contributed by atoms with van der Waals surface area (Å²) in [6.07, 6.45) is -8.53. The molecular weight excluding hydrogens is 379 g/mol. The van der Waals surface area contributed by atoms with Crippen molar-refractivity contribution in [1.82, 2.24) is 0 Å². The summed E-state index contributed by atoms with van der Waals surface area (Å²) in [5, 5.41) is 0. The van der Waals surface area contributed by atoms with Crippen LogP contribution in [0.15, 0.2) is 17.4 Å². The number of hydrogen-bond donors (Lipinski definition) is 0. The average molecular weight is 386 g/mol. The summed E-state index contributed by atoms with van der Waals surface area (Å²) < 4.78 is 164. The van der Waals surface area contributed by atoms with Crippen molar-refractivity contribution in [2.75, 3.05) is 0 Å². The van der Waals surface area contributed by atoms with Gasteiger partial charge in [0.05, 0.1) is 0 Å². The van der Waals surface area contributed by atoms with Crippen LogP contribution in [0.2, 0.25) is 0 Å².